The van der Waals surface area contributed by atoms with Gasteiger partial charge in [-0.2, -0.15) is 0 Å². The van der Waals surface area contributed by atoms with Crippen molar-refractivity contribution in [2.45, 2.75) is 13.0 Å². The van der Waals surface area contributed by atoms with E-state index in [1.54, 1.807) is 6.20 Å². The lowest BCUT2D eigenvalue weighted by atomic mass is 10.1. The van der Waals surface area contributed by atoms with E-state index in [0.29, 0.717) is 5.02 Å². The van der Waals surface area contributed by atoms with Gasteiger partial charge in [0.1, 0.15) is 5.82 Å². The molecule has 94 valence electrons. The van der Waals surface area contributed by atoms with Gasteiger partial charge >= 0.3 is 0 Å². The highest BCUT2D eigenvalue weighted by Gasteiger charge is 2.09. The molecule has 0 aliphatic rings. The van der Waals surface area contributed by atoms with Crippen molar-refractivity contribution in [1.29, 1.82) is 0 Å². The van der Waals surface area contributed by atoms with E-state index >= 15 is 0 Å². The maximum absolute atomic E-state index is 5.97. The standard InChI is InChI=1S/C13H11BrCl2N2/c1-8(9-3-2-4-10(15)5-9)18-13-12(14)6-11(16)7-17-13/h2-8H,1H3,(H,17,18). The van der Waals surface area contributed by atoms with Crippen LogP contribution in [0.15, 0.2) is 41.0 Å². The Morgan fingerprint density at radius 1 is 1.22 bits per heavy atom. The number of hydrogen-bond donors (Lipinski definition) is 1. The molecule has 1 N–H and O–H groups in total. The van der Waals surface area contributed by atoms with Crippen molar-refractivity contribution in [3.05, 3.63) is 56.6 Å². The van der Waals surface area contributed by atoms with Gasteiger partial charge in [-0.3, -0.25) is 0 Å². The highest BCUT2D eigenvalue weighted by Crippen LogP contribution is 2.27. The van der Waals surface area contributed by atoms with Gasteiger partial charge in [-0.25, -0.2) is 4.98 Å². The Hall–Kier alpha value is -0.770. The van der Waals surface area contributed by atoms with Crippen molar-refractivity contribution in [2.24, 2.45) is 0 Å². The first kappa shape index (κ1) is 13.7. The van der Waals surface area contributed by atoms with Crippen LogP contribution in [0.5, 0.6) is 0 Å². The molecule has 5 heteroatoms. The fourth-order valence-corrected chi connectivity index (χ4v) is 2.54. The molecule has 0 saturated heterocycles. The number of nitrogens with zero attached hydrogens (tertiary/aromatic N) is 1. The van der Waals surface area contributed by atoms with Crippen molar-refractivity contribution in [1.82, 2.24) is 4.98 Å². The third kappa shape index (κ3) is 3.37. The van der Waals surface area contributed by atoms with Gasteiger partial charge in [0.25, 0.3) is 0 Å². The van der Waals surface area contributed by atoms with Crippen molar-refractivity contribution in [2.75, 3.05) is 5.32 Å². The number of pyridine rings is 1. The highest BCUT2D eigenvalue weighted by atomic mass is 79.9. The molecule has 2 rings (SSSR count). The maximum Gasteiger partial charge on any atom is 0.140 e. The number of hydrogen-bond acceptors (Lipinski definition) is 2. The van der Waals surface area contributed by atoms with Crippen LogP contribution in [-0.2, 0) is 0 Å². The van der Waals surface area contributed by atoms with E-state index in [-0.39, 0.29) is 6.04 Å². The predicted molar refractivity (Wildman–Crippen MR) is 80.4 cm³/mol. The van der Waals surface area contributed by atoms with E-state index < -0.39 is 0 Å². The van der Waals surface area contributed by atoms with E-state index in [0.717, 1.165) is 20.9 Å². The van der Waals surface area contributed by atoms with Crippen LogP contribution in [0.1, 0.15) is 18.5 Å². The molecular weight excluding hydrogens is 335 g/mol. The molecule has 0 aliphatic carbocycles. The Bertz CT molecular complexity index is 560. The molecule has 2 aromatic rings. The number of halogens is 3. The normalized spacial score (nSPS) is 12.2. The van der Waals surface area contributed by atoms with Gasteiger partial charge in [0.2, 0.25) is 0 Å². The Morgan fingerprint density at radius 3 is 2.67 bits per heavy atom. The number of aromatic nitrogens is 1. The smallest absolute Gasteiger partial charge is 0.140 e. The summed E-state index contributed by atoms with van der Waals surface area (Å²) in [6.07, 6.45) is 1.61. The monoisotopic (exact) mass is 344 g/mol. The summed E-state index contributed by atoms with van der Waals surface area (Å²) >= 11 is 15.3. The van der Waals surface area contributed by atoms with Gasteiger partial charge in [-0.15, -0.1) is 0 Å². The SMILES string of the molecule is CC(Nc1ncc(Cl)cc1Br)c1cccc(Cl)c1. The minimum absolute atomic E-state index is 0.105. The fourth-order valence-electron chi connectivity index (χ4n) is 1.59. The van der Waals surface area contributed by atoms with E-state index in [1.807, 2.05) is 37.3 Å². The minimum atomic E-state index is 0.105. The third-order valence-corrected chi connectivity index (χ3v) is 3.56. The third-order valence-electron chi connectivity index (χ3n) is 2.51. The lowest BCUT2D eigenvalue weighted by molar-refractivity contribution is 0.873. The van der Waals surface area contributed by atoms with Gasteiger partial charge in [0.05, 0.1) is 15.5 Å². The number of benzene rings is 1. The summed E-state index contributed by atoms with van der Waals surface area (Å²) in [4.78, 5) is 4.24. The van der Waals surface area contributed by atoms with Gasteiger partial charge in [0, 0.05) is 11.2 Å². The topological polar surface area (TPSA) is 24.9 Å². The molecule has 1 aromatic heterocycles. The van der Waals surface area contributed by atoms with E-state index in [2.05, 4.69) is 26.2 Å². The average Bonchev–Trinajstić information content (AvgIpc) is 2.32. The first-order chi connectivity index (χ1) is 8.56. The second-order valence-electron chi connectivity index (χ2n) is 3.90. The fraction of sp³-hybridized carbons (Fsp3) is 0.154. The minimum Gasteiger partial charge on any atom is -0.363 e. The Balaban J connectivity index is 2.18. The molecule has 0 aliphatic heterocycles. The van der Waals surface area contributed by atoms with Gasteiger partial charge in [0.15, 0.2) is 0 Å². The van der Waals surface area contributed by atoms with Crippen LogP contribution in [0.2, 0.25) is 10.0 Å². The van der Waals surface area contributed by atoms with E-state index in [9.17, 15) is 0 Å². The molecule has 1 aromatic carbocycles. The van der Waals surface area contributed by atoms with Crippen LogP contribution in [0.3, 0.4) is 0 Å². The van der Waals surface area contributed by atoms with Crippen LogP contribution < -0.4 is 5.32 Å². The Morgan fingerprint density at radius 2 is 2.00 bits per heavy atom. The molecule has 0 fully saturated rings. The van der Waals surface area contributed by atoms with E-state index in [4.69, 9.17) is 23.2 Å². The molecule has 1 heterocycles. The Labute approximate surface area is 124 Å². The molecule has 18 heavy (non-hydrogen) atoms. The van der Waals surface area contributed by atoms with Crippen LogP contribution in [0.25, 0.3) is 0 Å². The molecule has 0 saturated carbocycles. The second kappa shape index (κ2) is 5.91. The van der Waals surface area contributed by atoms with Crippen molar-refractivity contribution in [3.63, 3.8) is 0 Å². The maximum atomic E-state index is 5.97. The summed E-state index contributed by atoms with van der Waals surface area (Å²) < 4.78 is 0.837. The zero-order valence-electron chi connectivity index (χ0n) is 9.62. The summed E-state index contributed by atoms with van der Waals surface area (Å²) in [5.74, 6) is 0.756. The van der Waals surface area contributed by atoms with Crippen LogP contribution in [0, 0.1) is 0 Å². The molecule has 1 atom stereocenters. The molecule has 0 radical (unpaired) electrons. The highest BCUT2D eigenvalue weighted by molar-refractivity contribution is 9.10. The molecule has 0 amide bonds. The average molecular weight is 346 g/mol. The van der Waals surface area contributed by atoms with Gasteiger partial charge in [-0.1, -0.05) is 35.3 Å². The summed E-state index contributed by atoms with van der Waals surface area (Å²) in [7, 11) is 0. The van der Waals surface area contributed by atoms with Crippen molar-refractivity contribution >= 4 is 44.9 Å². The lowest BCUT2D eigenvalue weighted by Crippen LogP contribution is -2.08. The lowest BCUT2D eigenvalue weighted by Gasteiger charge is -2.16. The van der Waals surface area contributed by atoms with Crippen LogP contribution >= 0.6 is 39.1 Å². The number of nitrogens with one attached hydrogen (secondary N) is 1. The first-order valence-corrected chi connectivity index (χ1v) is 6.94. The summed E-state index contributed by atoms with van der Waals surface area (Å²) in [6, 6.07) is 9.65. The quantitative estimate of drug-likeness (QED) is 0.813. The largest absolute Gasteiger partial charge is 0.363 e. The first-order valence-electron chi connectivity index (χ1n) is 5.39. The number of anilines is 1. The van der Waals surface area contributed by atoms with Crippen LogP contribution in [-0.4, -0.2) is 4.98 Å². The summed E-state index contributed by atoms with van der Waals surface area (Å²) in [5.41, 5.74) is 1.10. The molecular formula is C13H11BrCl2N2. The molecule has 0 spiro atoms. The molecule has 2 nitrogen and oxygen atoms in total. The van der Waals surface area contributed by atoms with Crippen molar-refractivity contribution in [3.8, 4) is 0 Å². The summed E-state index contributed by atoms with van der Waals surface area (Å²) in [5, 5.41) is 4.63. The Kier molecular flexibility index (Phi) is 4.49. The zero-order valence-corrected chi connectivity index (χ0v) is 12.7. The predicted octanol–water partition coefficient (Wildman–Crippen LogP) is 5.32. The molecule has 1 unspecified atom stereocenters. The van der Waals surface area contributed by atoms with Crippen LogP contribution in [0.4, 0.5) is 5.82 Å². The van der Waals surface area contributed by atoms with Gasteiger partial charge < -0.3 is 5.32 Å². The second-order valence-corrected chi connectivity index (χ2v) is 5.63. The van der Waals surface area contributed by atoms with Gasteiger partial charge in [-0.05, 0) is 46.6 Å². The number of rotatable bonds is 3. The molecule has 0 bridgehead atoms. The summed E-state index contributed by atoms with van der Waals surface area (Å²) in [6.45, 7) is 2.05. The van der Waals surface area contributed by atoms with Crippen molar-refractivity contribution < 1.29 is 0 Å². The zero-order chi connectivity index (χ0) is 13.1. The van der Waals surface area contributed by atoms with E-state index in [1.165, 1.54) is 0 Å².